The van der Waals surface area contributed by atoms with E-state index in [9.17, 15) is 0 Å². The molecular formula is C23H21Cl3O. The average Bonchev–Trinajstić information content (AvgIpc) is 2.70. The van der Waals surface area contributed by atoms with E-state index in [-0.39, 0.29) is 0 Å². The van der Waals surface area contributed by atoms with Crippen LogP contribution in [0.5, 0.6) is 0 Å². The van der Waals surface area contributed by atoms with Gasteiger partial charge in [-0.1, -0.05) is 126 Å². The summed E-state index contributed by atoms with van der Waals surface area (Å²) in [6.07, 6.45) is 1.08. The van der Waals surface area contributed by atoms with Crippen molar-refractivity contribution in [1.82, 2.24) is 0 Å². The molecule has 0 saturated carbocycles. The molecule has 0 aromatic heterocycles. The average molecular weight is 420 g/mol. The Bertz CT molecular complexity index is 718. The first-order valence-electron chi connectivity index (χ1n) is 8.90. The van der Waals surface area contributed by atoms with Gasteiger partial charge in [0.1, 0.15) is 5.60 Å². The molecule has 140 valence electrons. The van der Waals surface area contributed by atoms with Gasteiger partial charge in [-0.2, -0.15) is 0 Å². The summed E-state index contributed by atoms with van der Waals surface area (Å²) in [5.41, 5.74) is 2.47. The lowest BCUT2D eigenvalue weighted by Crippen LogP contribution is -2.33. The van der Waals surface area contributed by atoms with Crippen LogP contribution in [-0.2, 0) is 10.3 Å². The fraction of sp³-hybridized carbons (Fsp3) is 0.217. The minimum atomic E-state index is -1.27. The molecule has 0 aliphatic rings. The summed E-state index contributed by atoms with van der Waals surface area (Å²) in [6, 6.07) is 30.7. The van der Waals surface area contributed by atoms with Crippen LogP contribution in [0, 0.1) is 0 Å². The van der Waals surface area contributed by atoms with E-state index in [2.05, 4.69) is 36.4 Å². The van der Waals surface area contributed by atoms with Gasteiger partial charge in [0.25, 0.3) is 0 Å². The van der Waals surface area contributed by atoms with Crippen LogP contribution < -0.4 is 0 Å². The van der Waals surface area contributed by atoms with Gasteiger partial charge in [-0.05, 0) is 29.5 Å². The van der Waals surface area contributed by atoms with Gasteiger partial charge < -0.3 is 4.74 Å². The lowest BCUT2D eigenvalue weighted by Gasteiger charge is -2.36. The van der Waals surface area contributed by atoms with E-state index >= 15 is 0 Å². The minimum Gasteiger partial charge on any atom is -0.361 e. The largest absolute Gasteiger partial charge is 0.361 e. The predicted molar refractivity (Wildman–Crippen MR) is 115 cm³/mol. The second kappa shape index (κ2) is 9.12. The van der Waals surface area contributed by atoms with Crippen LogP contribution in [0.1, 0.15) is 29.5 Å². The quantitative estimate of drug-likeness (QED) is 0.224. The van der Waals surface area contributed by atoms with Crippen LogP contribution in [0.4, 0.5) is 0 Å². The molecule has 0 spiro atoms. The molecule has 4 heteroatoms. The van der Waals surface area contributed by atoms with E-state index in [4.69, 9.17) is 39.5 Å². The van der Waals surface area contributed by atoms with Crippen molar-refractivity contribution in [3.63, 3.8) is 0 Å². The molecule has 0 radical (unpaired) electrons. The van der Waals surface area contributed by atoms with E-state index < -0.39 is 9.39 Å². The summed E-state index contributed by atoms with van der Waals surface area (Å²) in [4.78, 5) is 0. The first-order chi connectivity index (χ1) is 13.0. The first-order valence-corrected chi connectivity index (χ1v) is 10.0. The topological polar surface area (TPSA) is 9.23 Å². The zero-order valence-electron chi connectivity index (χ0n) is 14.8. The molecule has 0 amide bonds. The van der Waals surface area contributed by atoms with E-state index in [0.717, 1.165) is 16.7 Å². The SMILES string of the molecule is ClC(Cl)(Cl)CCCOC(c1ccccc1)(c1ccccc1)c1ccccc1. The predicted octanol–water partition coefficient (Wildman–Crippen LogP) is 7.15. The molecule has 0 bridgehead atoms. The Morgan fingerprint density at radius 2 is 0.963 bits per heavy atom. The standard InChI is InChI=1S/C23H21Cl3O/c24-22(25,26)17-10-18-27-23(19-11-4-1-5-12-19,20-13-6-2-7-14-20)21-15-8-3-9-16-21/h1-9,11-16H,10,17-18H2. The monoisotopic (exact) mass is 418 g/mol. The van der Waals surface area contributed by atoms with Gasteiger partial charge in [0.05, 0.1) is 0 Å². The fourth-order valence-electron chi connectivity index (χ4n) is 3.27. The Balaban J connectivity index is 2.06. The maximum absolute atomic E-state index is 6.61. The van der Waals surface area contributed by atoms with Gasteiger partial charge in [0, 0.05) is 6.61 Å². The van der Waals surface area contributed by atoms with Crippen molar-refractivity contribution in [2.45, 2.75) is 22.2 Å². The molecule has 1 nitrogen and oxygen atoms in total. The van der Waals surface area contributed by atoms with E-state index in [1.54, 1.807) is 0 Å². The van der Waals surface area contributed by atoms with Crippen molar-refractivity contribution in [2.75, 3.05) is 6.61 Å². The maximum atomic E-state index is 6.61. The fourth-order valence-corrected chi connectivity index (χ4v) is 3.67. The Kier molecular flexibility index (Phi) is 6.83. The molecule has 0 atom stereocenters. The van der Waals surface area contributed by atoms with Gasteiger partial charge in [0.15, 0.2) is 3.79 Å². The van der Waals surface area contributed by atoms with Crippen molar-refractivity contribution in [3.8, 4) is 0 Å². The summed E-state index contributed by atoms with van der Waals surface area (Å²) in [7, 11) is 0. The number of benzene rings is 3. The summed E-state index contributed by atoms with van der Waals surface area (Å²) >= 11 is 17.7. The first kappa shape index (κ1) is 20.2. The van der Waals surface area contributed by atoms with Crippen LogP contribution in [0.2, 0.25) is 0 Å². The van der Waals surface area contributed by atoms with E-state index in [0.29, 0.717) is 19.4 Å². The zero-order valence-corrected chi connectivity index (χ0v) is 17.1. The van der Waals surface area contributed by atoms with Crippen LogP contribution >= 0.6 is 34.8 Å². The van der Waals surface area contributed by atoms with Crippen molar-refractivity contribution in [3.05, 3.63) is 108 Å². The highest BCUT2D eigenvalue weighted by atomic mass is 35.6. The number of ether oxygens (including phenoxy) is 1. The number of halogens is 3. The molecule has 3 aromatic rings. The molecule has 3 aromatic carbocycles. The number of hydrogen-bond donors (Lipinski definition) is 0. The van der Waals surface area contributed by atoms with Crippen molar-refractivity contribution in [1.29, 1.82) is 0 Å². The van der Waals surface area contributed by atoms with Crippen LogP contribution in [0.15, 0.2) is 91.0 Å². The van der Waals surface area contributed by atoms with E-state index in [1.807, 2.05) is 54.6 Å². The summed E-state index contributed by atoms with van der Waals surface area (Å²) < 4.78 is 5.34. The van der Waals surface area contributed by atoms with E-state index in [1.165, 1.54) is 0 Å². The highest BCUT2D eigenvalue weighted by Gasteiger charge is 2.37. The second-order valence-corrected chi connectivity index (χ2v) is 8.86. The smallest absolute Gasteiger partial charge is 0.190 e. The Morgan fingerprint density at radius 3 is 1.30 bits per heavy atom. The summed E-state index contributed by atoms with van der Waals surface area (Å²) in [6.45, 7) is 0.465. The summed E-state index contributed by atoms with van der Waals surface area (Å²) in [5, 5.41) is 0. The van der Waals surface area contributed by atoms with Crippen molar-refractivity contribution >= 4 is 34.8 Å². The molecule has 0 N–H and O–H groups in total. The number of hydrogen-bond acceptors (Lipinski definition) is 1. The number of alkyl halides is 3. The highest BCUT2D eigenvalue weighted by Crippen LogP contribution is 2.41. The zero-order chi connectivity index (χ0) is 19.2. The van der Waals surface area contributed by atoms with Crippen molar-refractivity contribution in [2.24, 2.45) is 0 Å². The van der Waals surface area contributed by atoms with Gasteiger partial charge in [-0.15, -0.1) is 0 Å². The van der Waals surface area contributed by atoms with Crippen LogP contribution in [-0.4, -0.2) is 10.4 Å². The van der Waals surface area contributed by atoms with Gasteiger partial charge in [0.2, 0.25) is 0 Å². The third kappa shape index (κ3) is 5.06. The van der Waals surface area contributed by atoms with Gasteiger partial charge in [-0.3, -0.25) is 0 Å². The van der Waals surface area contributed by atoms with Crippen molar-refractivity contribution < 1.29 is 4.74 Å². The van der Waals surface area contributed by atoms with Gasteiger partial charge in [-0.25, -0.2) is 0 Å². The molecule has 0 aliphatic heterocycles. The van der Waals surface area contributed by atoms with Crippen LogP contribution in [0.25, 0.3) is 0 Å². The van der Waals surface area contributed by atoms with Crippen LogP contribution in [0.3, 0.4) is 0 Å². The molecular weight excluding hydrogens is 399 g/mol. The molecule has 0 fully saturated rings. The maximum Gasteiger partial charge on any atom is 0.190 e. The molecule has 27 heavy (non-hydrogen) atoms. The summed E-state index contributed by atoms with van der Waals surface area (Å²) in [5.74, 6) is 0. The third-order valence-corrected chi connectivity index (χ3v) is 5.03. The normalized spacial score (nSPS) is 12.1. The number of rotatable bonds is 7. The Morgan fingerprint density at radius 1 is 0.593 bits per heavy atom. The molecule has 0 saturated heterocycles. The highest BCUT2D eigenvalue weighted by molar-refractivity contribution is 6.67. The lowest BCUT2D eigenvalue weighted by atomic mass is 9.80. The lowest BCUT2D eigenvalue weighted by molar-refractivity contribution is 0.0109. The van der Waals surface area contributed by atoms with Gasteiger partial charge >= 0.3 is 0 Å². The molecule has 0 aliphatic carbocycles. The molecule has 0 heterocycles. The Labute approximate surface area is 175 Å². The minimum absolute atomic E-state index is 0.437. The Hall–Kier alpha value is -1.51. The molecule has 0 unspecified atom stereocenters. The second-order valence-electron chi connectivity index (χ2n) is 6.35. The third-order valence-electron chi connectivity index (χ3n) is 4.46. The molecule has 3 rings (SSSR count).